The van der Waals surface area contributed by atoms with Crippen LogP contribution in [0.2, 0.25) is 0 Å². The quantitative estimate of drug-likeness (QED) is 0.169. The second kappa shape index (κ2) is 11.6. The van der Waals surface area contributed by atoms with Gasteiger partial charge < -0.3 is 14.7 Å². The molecule has 0 fully saturated rings. The van der Waals surface area contributed by atoms with Gasteiger partial charge in [-0.3, -0.25) is 0 Å². The van der Waals surface area contributed by atoms with Gasteiger partial charge >= 0.3 is 0 Å². The Morgan fingerprint density at radius 1 is 0.393 bits per heavy atom. The zero-order valence-electron chi connectivity index (χ0n) is 31.4. The van der Waals surface area contributed by atoms with Crippen molar-refractivity contribution in [3.05, 3.63) is 199 Å². The number of hydrogen-bond donors (Lipinski definition) is 0. The lowest BCUT2D eigenvalue weighted by molar-refractivity contribution is 0.646. The Kier molecular flexibility index (Phi) is 6.58. The molecule has 0 unspecified atom stereocenters. The van der Waals surface area contributed by atoms with Crippen LogP contribution in [0.3, 0.4) is 0 Å². The van der Waals surface area contributed by atoms with Crippen molar-refractivity contribution >= 4 is 97.4 Å². The summed E-state index contributed by atoms with van der Waals surface area (Å²) in [6, 6.07) is 69.8. The van der Waals surface area contributed by atoms with Crippen molar-refractivity contribution < 1.29 is 0 Å². The minimum absolute atomic E-state index is 0.0721. The zero-order chi connectivity index (χ0) is 37.1. The van der Waals surface area contributed by atoms with E-state index in [2.05, 4.69) is 217 Å². The third kappa shape index (κ3) is 4.15. The Bertz CT molecular complexity index is 2840. The molecule has 0 aliphatic carbocycles. The van der Waals surface area contributed by atoms with E-state index in [0.717, 1.165) is 22.7 Å². The smallest absolute Gasteiger partial charge is 0.252 e. The van der Waals surface area contributed by atoms with Crippen LogP contribution < -0.4 is 47.5 Å². The van der Waals surface area contributed by atoms with Gasteiger partial charge in [0.05, 0.1) is 11.4 Å². The molecular weight excluding hydrogens is 676 g/mol. The third-order valence-electron chi connectivity index (χ3n) is 12.9. The van der Waals surface area contributed by atoms with E-state index in [1.807, 2.05) is 0 Å². The van der Waals surface area contributed by atoms with Gasteiger partial charge in [0.15, 0.2) is 0 Å². The van der Waals surface area contributed by atoms with Crippen LogP contribution in [0, 0.1) is 0 Å². The molecule has 4 aliphatic heterocycles. The molecule has 0 atom stereocenters. The van der Waals surface area contributed by atoms with Crippen LogP contribution in [0.5, 0.6) is 0 Å². The highest BCUT2D eigenvalue weighted by Crippen LogP contribution is 2.51. The summed E-state index contributed by atoms with van der Waals surface area (Å²) in [5, 5.41) is 0. The van der Waals surface area contributed by atoms with Crippen molar-refractivity contribution in [3.63, 3.8) is 0 Å². The normalized spacial score (nSPS) is 14.6. The Labute approximate surface area is 329 Å². The molecule has 0 amide bonds. The average Bonchev–Trinajstić information content (AvgIpc) is 3.25. The van der Waals surface area contributed by atoms with Crippen LogP contribution >= 0.6 is 0 Å². The van der Waals surface area contributed by atoms with Gasteiger partial charge in [0.2, 0.25) is 6.71 Å². The zero-order valence-corrected chi connectivity index (χ0v) is 31.4. The summed E-state index contributed by atoms with van der Waals surface area (Å²) in [5.74, 6) is 0. The number of benzene rings is 8. The molecule has 3 nitrogen and oxygen atoms in total. The van der Waals surface area contributed by atoms with E-state index in [1.54, 1.807) is 0 Å². The molecule has 0 N–H and O–H groups in total. The predicted molar refractivity (Wildman–Crippen MR) is 238 cm³/mol. The second-order valence-corrected chi connectivity index (χ2v) is 16.0. The maximum Gasteiger partial charge on any atom is 0.252 e. The molecule has 0 spiro atoms. The summed E-state index contributed by atoms with van der Waals surface area (Å²) in [4.78, 5) is 7.62. The second-order valence-electron chi connectivity index (χ2n) is 16.0. The summed E-state index contributed by atoms with van der Waals surface area (Å²) >= 11 is 0. The lowest BCUT2D eigenvalue weighted by atomic mass is 9.27. The standard InChI is InChI=1S/C51H37B2N3/c1-51(2)36-23-9-10-24-38(36)52-40-26-12-15-29-43(40)56-44-30-16-13-27-41(44)53-39-25-11-14-28-42(39)55(47-33-37(51)48(52)50(56)49(47)53)46-32-18-17-31-45(46)54(34-19-5-3-6-20-34)35-21-7-4-8-22-35/h3-33H,1-2H3. The van der Waals surface area contributed by atoms with Crippen LogP contribution in [0.1, 0.15) is 25.0 Å². The van der Waals surface area contributed by atoms with Gasteiger partial charge in [0.25, 0.3) is 6.71 Å². The van der Waals surface area contributed by atoms with E-state index in [0.29, 0.717) is 0 Å². The first-order chi connectivity index (χ1) is 27.6. The van der Waals surface area contributed by atoms with Gasteiger partial charge in [-0.2, -0.15) is 0 Å². The van der Waals surface area contributed by atoms with E-state index in [4.69, 9.17) is 0 Å². The van der Waals surface area contributed by atoms with Crippen molar-refractivity contribution in [2.75, 3.05) is 14.7 Å². The molecule has 262 valence electrons. The third-order valence-corrected chi connectivity index (χ3v) is 12.9. The highest BCUT2D eigenvalue weighted by molar-refractivity contribution is 7.04. The Morgan fingerprint density at radius 2 is 0.839 bits per heavy atom. The molecule has 0 aromatic heterocycles. The van der Waals surface area contributed by atoms with Crippen molar-refractivity contribution in [3.8, 4) is 0 Å². The van der Waals surface area contributed by atoms with Crippen LogP contribution in [0.4, 0.5) is 51.2 Å². The Balaban J connectivity index is 1.22. The highest BCUT2D eigenvalue weighted by atomic mass is 15.2. The van der Waals surface area contributed by atoms with E-state index in [9.17, 15) is 0 Å². The molecule has 4 aliphatic rings. The molecular formula is C51H37B2N3. The Hall–Kier alpha value is -6.71. The van der Waals surface area contributed by atoms with Crippen molar-refractivity contribution in [2.24, 2.45) is 0 Å². The van der Waals surface area contributed by atoms with Crippen LogP contribution in [-0.2, 0) is 5.41 Å². The first kappa shape index (κ1) is 31.6. The van der Waals surface area contributed by atoms with Gasteiger partial charge in [0.1, 0.15) is 0 Å². The summed E-state index contributed by atoms with van der Waals surface area (Å²) in [7, 11) is 0. The molecule has 0 saturated carbocycles. The number of nitrogens with zero attached hydrogens (tertiary/aromatic N) is 3. The van der Waals surface area contributed by atoms with Crippen LogP contribution in [0.25, 0.3) is 0 Å². The molecule has 0 radical (unpaired) electrons. The lowest BCUT2D eigenvalue weighted by Crippen LogP contribution is -2.70. The topological polar surface area (TPSA) is 9.72 Å². The summed E-state index contributed by atoms with van der Waals surface area (Å²) < 4.78 is 0. The van der Waals surface area contributed by atoms with E-state index in [1.165, 1.54) is 72.3 Å². The molecule has 56 heavy (non-hydrogen) atoms. The summed E-state index contributed by atoms with van der Waals surface area (Å²) in [6.45, 7) is 5.09. The molecule has 5 heteroatoms. The maximum atomic E-state index is 2.62. The van der Waals surface area contributed by atoms with Crippen molar-refractivity contribution in [1.29, 1.82) is 0 Å². The Morgan fingerprint density at radius 3 is 1.43 bits per heavy atom. The minimum atomic E-state index is -0.235. The van der Waals surface area contributed by atoms with Gasteiger partial charge in [-0.05, 0) is 99.1 Å². The summed E-state index contributed by atoms with van der Waals surface area (Å²) in [5.41, 5.74) is 21.7. The van der Waals surface area contributed by atoms with Crippen LogP contribution in [0.15, 0.2) is 188 Å². The monoisotopic (exact) mass is 713 g/mol. The number of fused-ring (bicyclic) bond motifs is 10. The highest BCUT2D eigenvalue weighted by Gasteiger charge is 2.52. The number of anilines is 9. The van der Waals surface area contributed by atoms with Crippen LogP contribution in [-0.4, -0.2) is 13.4 Å². The number of rotatable bonds is 4. The fourth-order valence-electron chi connectivity index (χ4n) is 10.6. The van der Waals surface area contributed by atoms with E-state index >= 15 is 0 Å². The van der Waals surface area contributed by atoms with Gasteiger partial charge in [-0.1, -0.05) is 147 Å². The minimum Gasteiger partial charge on any atom is -0.312 e. The van der Waals surface area contributed by atoms with Gasteiger partial charge in [-0.25, -0.2) is 0 Å². The number of para-hydroxylation sites is 7. The largest absolute Gasteiger partial charge is 0.312 e. The fraction of sp³-hybridized carbons (Fsp3) is 0.0588. The molecule has 4 heterocycles. The summed E-state index contributed by atoms with van der Waals surface area (Å²) in [6.07, 6.45) is 0. The first-order valence-corrected chi connectivity index (χ1v) is 19.8. The van der Waals surface area contributed by atoms with Crippen molar-refractivity contribution in [2.45, 2.75) is 19.3 Å². The van der Waals surface area contributed by atoms with E-state index in [-0.39, 0.29) is 18.8 Å². The molecule has 0 bridgehead atoms. The average molecular weight is 714 g/mol. The number of hydrogen-bond acceptors (Lipinski definition) is 3. The SMILES string of the molecule is CC1(C)c2ccccc2B2c3ccccc3N3c4ccccc4B4c5ccccc5N(c5ccccc5N(c5ccccc5)c5ccccc5)c5cc1c2c3c54. The first-order valence-electron chi connectivity index (χ1n) is 19.8. The molecule has 8 aromatic carbocycles. The molecule has 12 rings (SSSR count). The molecule has 0 saturated heterocycles. The predicted octanol–water partition coefficient (Wildman–Crippen LogP) is 8.71. The van der Waals surface area contributed by atoms with E-state index < -0.39 is 0 Å². The van der Waals surface area contributed by atoms with Gasteiger partial charge in [-0.15, -0.1) is 0 Å². The fourth-order valence-corrected chi connectivity index (χ4v) is 10.6. The maximum absolute atomic E-state index is 2.62. The van der Waals surface area contributed by atoms with Gasteiger partial charge in [0, 0.05) is 45.2 Å². The van der Waals surface area contributed by atoms with Crippen molar-refractivity contribution in [1.82, 2.24) is 0 Å². The molecule has 8 aromatic rings. The lowest BCUT2D eigenvalue weighted by Gasteiger charge is -2.52.